The first-order valence-electron chi connectivity index (χ1n) is 10.3. The third-order valence-electron chi connectivity index (χ3n) is 4.24. The van der Waals surface area contributed by atoms with Crippen LogP contribution in [0.1, 0.15) is 31.8 Å². The molecule has 0 saturated carbocycles. The van der Waals surface area contributed by atoms with Crippen LogP contribution >= 0.6 is 0 Å². The minimum Gasteiger partial charge on any atom is -0.460 e. The van der Waals surface area contributed by atoms with Crippen LogP contribution in [0, 0.1) is 13.8 Å². The van der Waals surface area contributed by atoms with E-state index in [-0.39, 0.29) is 25.2 Å². The molecule has 31 heavy (non-hydrogen) atoms. The Morgan fingerprint density at radius 2 is 0.806 bits per heavy atom. The van der Waals surface area contributed by atoms with Crippen LogP contribution in [0.4, 0.5) is 0 Å². The van der Waals surface area contributed by atoms with Gasteiger partial charge < -0.3 is 23.7 Å². The highest BCUT2D eigenvalue weighted by molar-refractivity contribution is 5.89. The summed E-state index contributed by atoms with van der Waals surface area (Å²) in [4.78, 5) is 23.6. The standard InChI is InChI=1S/C24H30O7/c1-19-3-7-21(8-4-19)23(25)30-17-15-28-13-11-27-12-14-29-16-18-31-24(26)22-9-5-20(2)6-10-22/h3-10H,11-18H2,1-2H3. The number of benzene rings is 2. The number of esters is 2. The second-order valence-corrected chi connectivity index (χ2v) is 6.84. The zero-order valence-electron chi connectivity index (χ0n) is 18.1. The second kappa shape index (κ2) is 14.3. The van der Waals surface area contributed by atoms with E-state index in [4.69, 9.17) is 23.7 Å². The Morgan fingerprint density at radius 3 is 1.13 bits per heavy atom. The maximum Gasteiger partial charge on any atom is 0.338 e. The van der Waals surface area contributed by atoms with Gasteiger partial charge in [-0.05, 0) is 38.1 Å². The number of hydrogen-bond donors (Lipinski definition) is 0. The molecule has 0 unspecified atom stereocenters. The Balaban J connectivity index is 1.36. The average molecular weight is 430 g/mol. The molecule has 0 bridgehead atoms. The zero-order valence-corrected chi connectivity index (χ0v) is 18.1. The van der Waals surface area contributed by atoms with Crippen LogP contribution in [0.25, 0.3) is 0 Å². The monoisotopic (exact) mass is 430 g/mol. The van der Waals surface area contributed by atoms with Crippen LogP contribution in [0.3, 0.4) is 0 Å². The van der Waals surface area contributed by atoms with Gasteiger partial charge in [0.25, 0.3) is 0 Å². The Morgan fingerprint density at radius 1 is 0.516 bits per heavy atom. The normalized spacial score (nSPS) is 10.6. The van der Waals surface area contributed by atoms with Crippen molar-refractivity contribution in [3.63, 3.8) is 0 Å². The van der Waals surface area contributed by atoms with Crippen LogP contribution in [-0.2, 0) is 23.7 Å². The van der Waals surface area contributed by atoms with Crippen molar-refractivity contribution in [2.45, 2.75) is 13.8 Å². The molecular formula is C24H30O7. The third kappa shape index (κ3) is 10.2. The molecule has 0 aliphatic rings. The van der Waals surface area contributed by atoms with Gasteiger partial charge in [0.05, 0.1) is 50.8 Å². The van der Waals surface area contributed by atoms with Crippen LogP contribution in [-0.4, -0.2) is 64.8 Å². The molecular weight excluding hydrogens is 400 g/mol. The van der Waals surface area contributed by atoms with Crippen molar-refractivity contribution in [3.05, 3.63) is 70.8 Å². The summed E-state index contributed by atoms with van der Waals surface area (Å²) in [5.74, 6) is -0.719. The van der Waals surface area contributed by atoms with E-state index in [1.165, 1.54) is 0 Å². The van der Waals surface area contributed by atoms with Gasteiger partial charge in [0, 0.05) is 0 Å². The van der Waals surface area contributed by atoms with E-state index in [0.717, 1.165) is 11.1 Å². The molecule has 2 aromatic carbocycles. The maximum absolute atomic E-state index is 11.8. The molecule has 0 saturated heterocycles. The van der Waals surface area contributed by atoms with Gasteiger partial charge in [0.1, 0.15) is 13.2 Å². The van der Waals surface area contributed by atoms with E-state index in [9.17, 15) is 9.59 Å². The summed E-state index contributed by atoms with van der Waals surface area (Å²) in [7, 11) is 0. The van der Waals surface area contributed by atoms with Crippen LogP contribution in [0.5, 0.6) is 0 Å². The topological polar surface area (TPSA) is 80.3 Å². The van der Waals surface area contributed by atoms with E-state index < -0.39 is 0 Å². The Kier molecular flexibility index (Phi) is 11.3. The summed E-state index contributed by atoms with van der Waals surface area (Å²) in [6.45, 7) is 6.55. The first-order valence-corrected chi connectivity index (χ1v) is 10.3. The first kappa shape index (κ1) is 24.5. The van der Waals surface area contributed by atoms with Crippen molar-refractivity contribution in [1.82, 2.24) is 0 Å². The SMILES string of the molecule is Cc1ccc(C(=O)OCCOCCOCCOCCOC(=O)c2ccc(C)cc2)cc1. The molecule has 2 aromatic rings. The van der Waals surface area contributed by atoms with Crippen molar-refractivity contribution < 1.29 is 33.3 Å². The predicted molar refractivity (Wildman–Crippen MR) is 115 cm³/mol. The lowest BCUT2D eigenvalue weighted by Gasteiger charge is -2.08. The van der Waals surface area contributed by atoms with Gasteiger partial charge in [-0.25, -0.2) is 9.59 Å². The van der Waals surface area contributed by atoms with Gasteiger partial charge in [-0.15, -0.1) is 0 Å². The molecule has 0 heterocycles. The lowest BCUT2D eigenvalue weighted by Crippen LogP contribution is -2.15. The summed E-state index contributed by atoms with van der Waals surface area (Å²) in [6.07, 6.45) is 0. The van der Waals surface area contributed by atoms with Crippen molar-refractivity contribution in [3.8, 4) is 0 Å². The minimum absolute atomic E-state index is 0.192. The third-order valence-corrected chi connectivity index (χ3v) is 4.24. The highest BCUT2D eigenvalue weighted by Gasteiger charge is 2.07. The summed E-state index contributed by atoms with van der Waals surface area (Å²) in [6, 6.07) is 14.4. The van der Waals surface area contributed by atoms with E-state index in [1.54, 1.807) is 24.3 Å². The van der Waals surface area contributed by atoms with Gasteiger partial charge in [0.15, 0.2) is 0 Å². The molecule has 0 aliphatic carbocycles. The summed E-state index contributed by atoms with van der Waals surface area (Å²) in [5.41, 5.74) is 3.23. The van der Waals surface area contributed by atoms with Gasteiger partial charge >= 0.3 is 11.9 Å². The van der Waals surface area contributed by atoms with Gasteiger partial charge in [-0.1, -0.05) is 35.4 Å². The van der Waals surface area contributed by atoms with Crippen LogP contribution in [0.2, 0.25) is 0 Å². The molecule has 168 valence electrons. The number of hydrogen-bond acceptors (Lipinski definition) is 7. The van der Waals surface area contributed by atoms with Gasteiger partial charge in [-0.2, -0.15) is 0 Å². The summed E-state index contributed by atoms with van der Waals surface area (Å²) >= 11 is 0. The van der Waals surface area contributed by atoms with E-state index in [0.29, 0.717) is 50.8 Å². The fourth-order valence-electron chi connectivity index (χ4n) is 2.47. The van der Waals surface area contributed by atoms with Crippen molar-refractivity contribution in [2.75, 3.05) is 52.9 Å². The number of carbonyl (C=O) groups excluding carboxylic acids is 2. The van der Waals surface area contributed by atoms with E-state index in [1.807, 2.05) is 38.1 Å². The Hall–Kier alpha value is -2.74. The molecule has 0 fully saturated rings. The zero-order chi connectivity index (χ0) is 22.3. The van der Waals surface area contributed by atoms with Crippen molar-refractivity contribution >= 4 is 11.9 Å². The lowest BCUT2D eigenvalue weighted by atomic mass is 10.1. The van der Waals surface area contributed by atoms with Crippen molar-refractivity contribution in [1.29, 1.82) is 0 Å². The quantitative estimate of drug-likeness (QED) is 0.336. The maximum atomic E-state index is 11.8. The molecule has 0 radical (unpaired) electrons. The van der Waals surface area contributed by atoms with E-state index >= 15 is 0 Å². The average Bonchev–Trinajstić information content (AvgIpc) is 2.77. The predicted octanol–water partition coefficient (Wildman–Crippen LogP) is 3.37. The fraction of sp³-hybridized carbons (Fsp3) is 0.417. The fourth-order valence-corrected chi connectivity index (χ4v) is 2.47. The number of carbonyl (C=O) groups is 2. The highest BCUT2D eigenvalue weighted by atomic mass is 16.6. The van der Waals surface area contributed by atoms with Crippen LogP contribution in [0.15, 0.2) is 48.5 Å². The highest BCUT2D eigenvalue weighted by Crippen LogP contribution is 2.05. The smallest absolute Gasteiger partial charge is 0.338 e. The van der Waals surface area contributed by atoms with Gasteiger partial charge in [0.2, 0.25) is 0 Å². The number of ether oxygens (including phenoxy) is 5. The van der Waals surface area contributed by atoms with E-state index in [2.05, 4.69) is 0 Å². The molecule has 0 amide bonds. The molecule has 7 nitrogen and oxygen atoms in total. The molecule has 0 spiro atoms. The molecule has 7 heteroatoms. The second-order valence-electron chi connectivity index (χ2n) is 6.84. The Bertz CT molecular complexity index is 717. The minimum atomic E-state index is -0.360. The number of aryl methyl sites for hydroxylation is 2. The molecule has 0 aromatic heterocycles. The van der Waals surface area contributed by atoms with Gasteiger partial charge in [-0.3, -0.25) is 0 Å². The summed E-state index contributed by atoms with van der Waals surface area (Å²) < 4.78 is 26.4. The van der Waals surface area contributed by atoms with Crippen LogP contribution < -0.4 is 0 Å². The van der Waals surface area contributed by atoms with Crippen molar-refractivity contribution in [2.24, 2.45) is 0 Å². The summed E-state index contributed by atoms with van der Waals surface area (Å²) in [5, 5.41) is 0. The lowest BCUT2D eigenvalue weighted by molar-refractivity contribution is -0.00674. The molecule has 0 N–H and O–H groups in total. The molecule has 0 aliphatic heterocycles. The molecule has 2 rings (SSSR count). The molecule has 0 atom stereocenters. The largest absolute Gasteiger partial charge is 0.460 e. The first-order chi connectivity index (χ1) is 15.1. The number of rotatable bonds is 14. The Labute approximate surface area is 183 Å².